The number of hydrogen-bond donors (Lipinski definition) is 0. The van der Waals surface area contributed by atoms with Crippen molar-refractivity contribution in [1.29, 1.82) is 0 Å². The lowest BCUT2D eigenvalue weighted by Gasteiger charge is -2.31. The Hall–Kier alpha value is -0.510. The molecule has 0 saturated heterocycles. The van der Waals surface area contributed by atoms with Gasteiger partial charge in [0.15, 0.2) is 0 Å². The zero-order valence-electron chi connectivity index (χ0n) is 18.0. The van der Waals surface area contributed by atoms with Gasteiger partial charge in [-0.05, 0) is 30.1 Å². The van der Waals surface area contributed by atoms with E-state index in [1.807, 2.05) is 20.8 Å². The van der Waals surface area contributed by atoms with Crippen LogP contribution < -0.4 is 0 Å². The van der Waals surface area contributed by atoms with Crippen LogP contribution in [0.25, 0.3) is 0 Å². The fourth-order valence-corrected chi connectivity index (χ4v) is 3.19. The van der Waals surface area contributed by atoms with Crippen LogP contribution in [0.5, 0.6) is 0 Å². The van der Waals surface area contributed by atoms with Crippen LogP contribution in [-0.2, 0) is 23.2 Å². The SMILES string of the molecule is COP(C)(=O)OCC(C)(C)C(C)C(=O)CCCC(=O)CCCC(C)(C)C. The van der Waals surface area contributed by atoms with Crippen LogP contribution in [-0.4, -0.2) is 31.9 Å². The Morgan fingerprint density at radius 2 is 1.54 bits per heavy atom. The van der Waals surface area contributed by atoms with Gasteiger partial charge in [-0.1, -0.05) is 41.5 Å². The summed E-state index contributed by atoms with van der Waals surface area (Å²) in [4.78, 5) is 24.4. The summed E-state index contributed by atoms with van der Waals surface area (Å²) in [7, 11) is -1.70. The van der Waals surface area contributed by atoms with Gasteiger partial charge in [-0.25, -0.2) is 0 Å². The van der Waals surface area contributed by atoms with Crippen molar-refractivity contribution in [3.05, 3.63) is 0 Å². The number of carbonyl (C=O) groups excluding carboxylic acids is 2. The Labute approximate surface area is 160 Å². The minimum atomic E-state index is -3.05. The molecule has 0 heterocycles. The first-order valence-electron chi connectivity index (χ1n) is 9.52. The maximum absolute atomic E-state index is 12.4. The molecule has 154 valence electrons. The van der Waals surface area contributed by atoms with Gasteiger partial charge in [0.05, 0.1) is 6.61 Å². The molecule has 0 spiro atoms. The van der Waals surface area contributed by atoms with Crippen molar-refractivity contribution in [2.24, 2.45) is 16.7 Å². The first-order chi connectivity index (χ1) is 11.7. The molecule has 0 fully saturated rings. The lowest BCUT2D eigenvalue weighted by molar-refractivity contribution is -0.126. The zero-order chi connectivity index (χ0) is 20.6. The zero-order valence-corrected chi connectivity index (χ0v) is 18.9. The van der Waals surface area contributed by atoms with Crippen LogP contribution in [0.4, 0.5) is 0 Å². The second-order valence-corrected chi connectivity index (χ2v) is 11.4. The Bertz CT molecular complexity index is 505. The summed E-state index contributed by atoms with van der Waals surface area (Å²) in [5.41, 5.74) is -0.192. The Kier molecular flexibility index (Phi) is 10.5. The van der Waals surface area contributed by atoms with Crippen molar-refractivity contribution in [1.82, 2.24) is 0 Å². The maximum Gasteiger partial charge on any atom is 0.327 e. The Balaban J connectivity index is 4.25. The second-order valence-electron chi connectivity index (χ2n) is 9.21. The molecule has 2 atom stereocenters. The Morgan fingerprint density at radius 3 is 2.04 bits per heavy atom. The van der Waals surface area contributed by atoms with Gasteiger partial charge in [-0.3, -0.25) is 14.2 Å². The van der Waals surface area contributed by atoms with E-state index < -0.39 is 13.0 Å². The fraction of sp³-hybridized carbons (Fsp3) is 0.900. The van der Waals surface area contributed by atoms with E-state index in [1.54, 1.807) is 0 Å². The molecule has 0 aliphatic rings. The molecule has 5 nitrogen and oxygen atoms in total. The smallest absolute Gasteiger partial charge is 0.312 e. The van der Waals surface area contributed by atoms with Crippen LogP contribution in [0.15, 0.2) is 0 Å². The van der Waals surface area contributed by atoms with E-state index in [0.29, 0.717) is 25.7 Å². The molecule has 0 aliphatic heterocycles. The quantitative estimate of drug-likeness (QED) is 0.380. The van der Waals surface area contributed by atoms with Crippen molar-refractivity contribution in [3.8, 4) is 0 Å². The minimum absolute atomic E-state index is 0.115. The van der Waals surface area contributed by atoms with Gasteiger partial charge in [-0.2, -0.15) is 0 Å². The summed E-state index contributed by atoms with van der Waals surface area (Å²) < 4.78 is 22.0. The van der Waals surface area contributed by atoms with E-state index in [-0.39, 0.29) is 29.5 Å². The predicted octanol–water partition coefficient (Wildman–Crippen LogP) is 5.66. The average molecular weight is 391 g/mol. The molecule has 0 N–H and O–H groups in total. The molecular formula is C20H39O5P. The van der Waals surface area contributed by atoms with Crippen LogP contribution in [0.2, 0.25) is 0 Å². The van der Waals surface area contributed by atoms with Gasteiger partial charge >= 0.3 is 7.60 Å². The van der Waals surface area contributed by atoms with Crippen LogP contribution in [0.3, 0.4) is 0 Å². The molecule has 2 unspecified atom stereocenters. The first-order valence-corrected chi connectivity index (χ1v) is 11.5. The molecule has 0 aromatic heterocycles. The highest BCUT2D eigenvalue weighted by molar-refractivity contribution is 7.52. The molecular weight excluding hydrogens is 351 g/mol. The van der Waals surface area contributed by atoms with Gasteiger partial charge in [-0.15, -0.1) is 0 Å². The maximum atomic E-state index is 12.4. The van der Waals surface area contributed by atoms with Crippen LogP contribution >= 0.6 is 7.60 Å². The lowest BCUT2D eigenvalue weighted by atomic mass is 9.77. The molecule has 0 amide bonds. The molecule has 0 aromatic rings. The van der Waals surface area contributed by atoms with E-state index in [2.05, 4.69) is 20.8 Å². The van der Waals surface area contributed by atoms with Gasteiger partial charge < -0.3 is 9.05 Å². The first kappa shape index (κ1) is 25.5. The number of Topliss-reactive ketones (excluding diaryl/α,β-unsaturated/α-hetero) is 2. The molecule has 6 heteroatoms. The minimum Gasteiger partial charge on any atom is -0.312 e. The van der Waals surface area contributed by atoms with E-state index >= 15 is 0 Å². The van der Waals surface area contributed by atoms with Crippen molar-refractivity contribution in [3.63, 3.8) is 0 Å². The number of ketones is 2. The summed E-state index contributed by atoms with van der Waals surface area (Å²) in [6.45, 7) is 13.8. The van der Waals surface area contributed by atoms with E-state index in [4.69, 9.17) is 9.05 Å². The number of hydrogen-bond acceptors (Lipinski definition) is 5. The van der Waals surface area contributed by atoms with Crippen molar-refractivity contribution >= 4 is 19.2 Å². The van der Waals surface area contributed by atoms with Crippen LogP contribution in [0, 0.1) is 16.7 Å². The average Bonchev–Trinajstić information content (AvgIpc) is 2.51. The normalized spacial score (nSPS) is 16.2. The molecule has 0 radical (unpaired) electrons. The highest BCUT2D eigenvalue weighted by Crippen LogP contribution is 2.45. The largest absolute Gasteiger partial charge is 0.327 e. The van der Waals surface area contributed by atoms with E-state index in [0.717, 1.165) is 12.8 Å². The molecule has 26 heavy (non-hydrogen) atoms. The van der Waals surface area contributed by atoms with E-state index in [1.165, 1.54) is 13.8 Å². The predicted molar refractivity (Wildman–Crippen MR) is 107 cm³/mol. The molecule has 0 rings (SSSR count). The van der Waals surface area contributed by atoms with Gasteiger partial charge in [0.25, 0.3) is 0 Å². The van der Waals surface area contributed by atoms with Crippen LogP contribution in [0.1, 0.15) is 80.1 Å². The topological polar surface area (TPSA) is 69.7 Å². The Morgan fingerprint density at radius 1 is 1.00 bits per heavy atom. The van der Waals surface area contributed by atoms with Gasteiger partial charge in [0.2, 0.25) is 0 Å². The fourth-order valence-electron chi connectivity index (χ4n) is 2.51. The molecule has 0 saturated carbocycles. The van der Waals surface area contributed by atoms with Gasteiger partial charge in [0, 0.05) is 39.0 Å². The second kappa shape index (κ2) is 10.7. The summed E-state index contributed by atoms with van der Waals surface area (Å²) in [6, 6.07) is 0. The van der Waals surface area contributed by atoms with Crippen molar-refractivity contribution in [2.45, 2.75) is 80.1 Å². The number of carbonyl (C=O) groups is 2. The molecule has 0 aliphatic carbocycles. The molecule has 0 aromatic carbocycles. The highest BCUT2D eigenvalue weighted by atomic mass is 31.2. The summed E-state index contributed by atoms with van der Waals surface area (Å²) in [5, 5.41) is 0. The summed E-state index contributed by atoms with van der Waals surface area (Å²) in [5.74, 6) is 0.115. The highest BCUT2D eigenvalue weighted by Gasteiger charge is 2.33. The summed E-state index contributed by atoms with van der Waals surface area (Å²) in [6.07, 6.45) is 4.00. The standard InChI is InChI=1S/C20H39O5P/c1-16(20(5,6)15-25-26(8,23)24-7)18(22)13-9-11-17(21)12-10-14-19(2,3)4/h16H,9-15H2,1-8H3. The third kappa shape index (κ3) is 11.3. The van der Waals surface area contributed by atoms with Crippen molar-refractivity contribution in [2.75, 3.05) is 20.4 Å². The monoisotopic (exact) mass is 390 g/mol. The number of rotatable bonds is 13. The van der Waals surface area contributed by atoms with Crippen molar-refractivity contribution < 1.29 is 23.2 Å². The third-order valence-corrected chi connectivity index (χ3v) is 6.18. The van der Waals surface area contributed by atoms with Gasteiger partial charge in [0.1, 0.15) is 11.6 Å². The third-order valence-electron chi connectivity index (χ3n) is 4.92. The lowest BCUT2D eigenvalue weighted by Crippen LogP contribution is -2.32. The van der Waals surface area contributed by atoms with E-state index in [9.17, 15) is 14.2 Å². The molecule has 0 bridgehead atoms. The summed E-state index contributed by atoms with van der Waals surface area (Å²) >= 11 is 0.